The molecule has 1 aromatic rings. The second-order valence-corrected chi connectivity index (χ2v) is 7.37. The van der Waals surface area contributed by atoms with Crippen LogP contribution in [0.2, 0.25) is 0 Å². The highest BCUT2D eigenvalue weighted by Gasteiger charge is 2.34. The molecule has 1 fully saturated rings. The summed E-state index contributed by atoms with van der Waals surface area (Å²) in [5, 5.41) is 5.35. The molecule has 0 spiro atoms. The lowest BCUT2D eigenvalue weighted by atomic mass is 10.0. The molecule has 8 nitrogen and oxygen atoms in total. The highest BCUT2D eigenvalue weighted by Crippen LogP contribution is 2.23. The zero-order chi connectivity index (χ0) is 20.0. The summed E-state index contributed by atoms with van der Waals surface area (Å²) in [6.45, 7) is 5.87. The largest absolute Gasteiger partial charge is 0.453 e. The van der Waals surface area contributed by atoms with Crippen molar-refractivity contribution in [1.82, 2.24) is 4.90 Å². The van der Waals surface area contributed by atoms with Crippen LogP contribution in [0.5, 0.6) is 0 Å². The van der Waals surface area contributed by atoms with Crippen LogP contribution in [-0.2, 0) is 14.3 Å². The van der Waals surface area contributed by atoms with E-state index in [9.17, 15) is 14.4 Å². The van der Waals surface area contributed by atoms with Crippen LogP contribution < -0.4 is 10.6 Å². The van der Waals surface area contributed by atoms with Gasteiger partial charge in [0, 0.05) is 17.9 Å². The van der Waals surface area contributed by atoms with Crippen LogP contribution in [0.15, 0.2) is 24.3 Å². The molecule has 27 heavy (non-hydrogen) atoms. The standard InChI is InChI=1S/C19H27N3O5/c1-19(2,3)27-18(25)22-11-6-5-10-15(22)16(23)20-13-8-7-9-14(12-13)21-17(24)26-4/h7-9,12,15H,5-6,10-11H2,1-4H3,(H,20,23)(H,21,24)/t15-/m1/s1. The third kappa shape index (κ3) is 6.16. The summed E-state index contributed by atoms with van der Waals surface area (Å²) in [5.74, 6) is -0.282. The summed E-state index contributed by atoms with van der Waals surface area (Å²) >= 11 is 0. The summed E-state index contributed by atoms with van der Waals surface area (Å²) in [7, 11) is 1.27. The van der Waals surface area contributed by atoms with Crippen LogP contribution in [-0.4, -0.2) is 48.3 Å². The first-order chi connectivity index (χ1) is 12.7. The molecule has 0 unspecified atom stereocenters. The molecule has 0 aromatic heterocycles. The molecular formula is C19H27N3O5. The first kappa shape index (κ1) is 20.5. The van der Waals surface area contributed by atoms with Gasteiger partial charge in [0.2, 0.25) is 5.91 Å². The smallest absolute Gasteiger partial charge is 0.411 e. The summed E-state index contributed by atoms with van der Waals surface area (Å²) in [5.41, 5.74) is 0.389. The fourth-order valence-electron chi connectivity index (χ4n) is 2.81. The van der Waals surface area contributed by atoms with Gasteiger partial charge >= 0.3 is 12.2 Å². The average molecular weight is 377 g/mol. The SMILES string of the molecule is COC(=O)Nc1cccc(NC(=O)[C@H]2CCCCN2C(=O)OC(C)(C)C)c1. The number of methoxy groups -OCH3 is 1. The number of ether oxygens (including phenoxy) is 2. The van der Waals surface area contributed by atoms with Gasteiger partial charge in [0.1, 0.15) is 11.6 Å². The predicted octanol–water partition coefficient (Wildman–Crippen LogP) is 3.59. The Morgan fingerprint density at radius 1 is 1.11 bits per heavy atom. The van der Waals surface area contributed by atoms with Gasteiger partial charge in [-0.25, -0.2) is 9.59 Å². The minimum absolute atomic E-state index is 0.282. The monoisotopic (exact) mass is 377 g/mol. The fraction of sp³-hybridized carbons (Fsp3) is 0.526. The fourth-order valence-corrected chi connectivity index (χ4v) is 2.81. The van der Waals surface area contributed by atoms with Gasteiger partial charge in [0.05, 0.1) is 7.11 Å². The predicted molar refractivity (Wildman–Crippen MR) is 102 cm³/mol. The summed E-state index contributed by atoms with van der Waals surface area (Å²) in [6, 6.07) is 6.12. The molecule has 1 heterocycles. The van der Waals surface area contributed by atoms with Crippen LogP contribution >= 0.6 is 0 Å². The molecular weight excluding hydrogens is 350 g/mol. The number of hydrogen-bond acceptors (Lipinski definition) is 5. The van der Waals surface area contributed by atoms with Crippen molar-refractivity contribution in [3.05, 3.63) is 24.3 Å². The number of amides is 3. The van der Waals surface area contributed by atoms with E-state index in [1.807, 2.05) is 0 Å². The van der Waals surface area contributed by atoms with Crippen LogP contribution in [0, 0.1) is 0 Å². The normalized spacial score (nSPS) is 17.0. The number of carbonyl (C=O) groups is 3. The minimum Gasteiger partial charge on any atom is -0.453 e. The third-order valence-electron chi connectivity index (χ3n) is 4.00. The van der Waals surface area contributed by atoms with Gasteiger partial charge < -0.3 is 14.8 Å². The summed E-state index contributed by atoms with van der Waals surface area (Å²) < 4.78 is 9.98. The molecule has 2 rings (SSSR count). The van der Waals surface area contributed by atoms with Gasteiger partial charge in [0.15, 0.2) is 0 Å². The Labute approximate surface area is 159 Å². The van der Waals surface area contributed by atoms with E-state index in [2.05, 4.69) is 15.4 Å². The maximum atomic E-state index is 12.8. The van der Waals surface area contributed by atoms with Crippen molar-refractivity contribution in [1.29, 1.82) is 0 Å². The molecule has 1 saturated heterocycles. The molecule has 0 aliphatic carbocycles. The Hall–Kier alpha value is -2.77. The third-order valence-corrected chi connectivity index (χ3v) is 4.00. The Morgan fingerprint density at radius 3 is 2.41 bits per heavy atom. The van der Waals surface area contributed by atoms with Crippen molar-refractivity contribution in [3.8, 4) is 0 Å². The second kappa shape index (κ2) is 8.75. The molecule has 148 valence electrons. The summed E-state index contributed by atoms with van der Waals surface area (Å²) in [6.07, 6.45) is 1.19. The van der Waals surface area contributed by atoms with Gasteiger partial charge in [-0.1, -0.05) is 6.07 Å². The minimum atomic E-state index is -0.622. The number of nitrogens with zero attached hydrogens (tertiary/aromatic N) is 1. The molecule has 2 N–H and O–H groups in total. The number of benzene rings is 1. The second-order valence-electron chi connectivity index (χ2n) is 7.37. The molecule has 8 heteroatoms. The molecule has 1 aromatic carbocycles. The Kier molecular flexibility index (Phi) is 6.65. The summed E-state index contributed by atoms with van der Waals surface area (Å²) in [4.78, 5) is 38.0. The van der Waals surface area contributed by atoms with Crippen molar-refractivity contribution in [2.75, 3.05) is 24.3 Å². The average Bonchev–Trinajstić information content (AvgIpc) is 2.60. The van der Waals surface area contributed by atoms with Gasteiger partial charge in [-0.15, -0.1) is 0 Å². The number of anilines is 2. The lowest BCUT2D eigenvalue weighted by molar-refractivity contribution is -0.122. The van der Waals surface area contributed by atoms with E-state index in [1.165, 1.54) is 12.0 Å². The van der Waals surface area contributed by atoms with Crippen LogP contribution in [0.25, 0.3) is 0 Å². The van der Waals surface area contributed by atoms with Gasteiger partial charge in [0.25, 0.3) is 0 Å². The van der Waals surface area contributed by atoms with Gasteiger partial charge in [-0.05, 0) is 58.2 Å². The highest BCUT2D eigenvalue weighted by molar-refractivity contribution is 5.97. The van der Waals surface area contributed by atoms with Crippen molar-refractivity contribution >= 4 is 29.5 Å². The number of piperidine rings is 1. The Bertz CT molecular complexity index is 699. The molecule has 0 radical (unpaired) electrons. The van der Waals surface area contributed by atoms with Crippen molar-refractivity contribution in [2.45, 2.75) is 51.7 Å². The van der Waals surface area contributed by atoms with E-state index in [-0.39, 0.29) is 5.91 Å². The van der Waals surface area contributed by atoms with E-state index in [4.69, 9.17) is 4.74 Å². The number of nitrogens with one attached hydrogen (secondary N) is 2. The van der Waals surface area contributed by atoms with Crippen LogP contribution in [0.1, 0.15) is 40.0 Å². The van der Waals surface area contributed by atoms with E-state index in [0.717, 1.165) is 12.8 Å². The van der Waals surface area contributed by atoms with Crippen molar-refractivity contribution < 1.29 is 23.9 Å². The van der Waals surface area contributed by atoms with E-state index in [1.54, 1.807) is 45.0 Å². The van der Waals surface area contributed by atoms with Gasteiger partial charge in [-0.3, -0.25) is 15.0 Å². The quantitative estimate of drug-likeness (QED) is 0.839. The van der Waals surface area contributed by atoms with E-state index in [0.29, 0.717) is 24.3 Å². The van der Waals surface area contributed by atoms with Crippen molar-refractivity contribution in [3.63, 3.8) is 0 Å². The van der Waals surface area contributed by atoms with E-state index < -0.39 is 23.8 Å². The van der Waals surface area contributed by atoms with Crippen LogP contribution in [0.4, 0.5) is 21.0 Å². The van der Waals surface area contributed by atoms with Crippen molar-refractivity contribution in [2.24, 2.45) is 0 Å². The zero-order valence-corrected chi connectivity index (χ0v) is 16.2. The molecule has 3 amide bonds. The zero-order valence-electron chi connectivity index (χ0n) is 16.2. The maximum Gasteiger partial charge on any atom is 0.411 e. The first-order valence-electron chi connectivity index (χ1n) is 8.95. The molecule has 1 atom stereocenters. The van der Waals surface area contributed by atoms with E-state index >= 15 is 0 Å². The molecule has 0 bridgehead atoms. The Balaban J connectivity index is 2.07. The number of hydrogen-bond donors (Lipinski definition) is 2. The maximum absolute atomic E-state index is 12.8. The molecule has 0 saturated carbocycles. The van der Waals surface area contributed by atoms with Gasteiger partial charge in [-0.2, -0.15) is 0 Å². The number of carbonyl (C=O) groups excluding carboxylic acids is 3. The number of rotatable bonds is 3. The molecule has 1 aliphatic heterocycles. The van der Waals surface area contributed by atoms with Crippen LogP contribution in [0.3, 0.4) is 0 Å². The number of likely N-dealkylation sites (tertiary alicyclic amines) is 1. The molecule has 1 aliphatic rings. The lowest BCUT2D eigenvalue weighted by Gasteiger charge is -2.35. The Morgan fingerprint density at radius 2 is 1.78 bits per heavy atom. The lowest BCUT2D eigenvalue weighted by Crippen LogP contribution is -2.51. The highest BCUT2D eigenvalue weighted by atomic mass is 16.6. The first-order valence-corrected chi connectivity index (χ1v) is 8.95. The topological polar surface area (TPSA) is 97.0 Å².